The van der Waals surface area contributed by atoms with E-state index in [2.05, 4.69) is 4.72 Å². The van der Waals surface area contributed by atoms with E-state index in [4.69, 9.17) is 16.7 Å². The minimum Gasteiger partial charge on any atom is -0.508 e. The monoisotopic (exact) mass is 327 g/mol. The molecule has 0 radical (unpaired) electrons. The SMILES string of the molecule is O=C(O)c1cc(O)ccc1NS(=O)(=O)c1ccccc1Cl. The first-order chi connectivity index (χ1) is 9.81. The van der Waals surface area contributed by atoms with E-state index in [1.807, 2.05) is 0 Å². The van der Waals surface area contributed by atoms with E-state index in [0.717, 1.165) is 12.1 Å². The molecule has 2 rings (SSSR count). The number of carbonyl (C=O) groups is 1. The number of hydrogen-bond acceptors (Lipinski definition) is 4. The van der Waals surface area contributed by atoms with Gasteiger partial charge in [0.2, 0.25) is 0 Å². The van der Waals surface area contributed by atoms with Crippen molar-refractivity contribution in [3.8, 4) is 5.75 Å². The largest absolute Gasteiger partial charge is 0.508 e. The third-order valence-electron chi connectivity index (χ3n) is 2.60. The highest BCUT2D eigenvalue weighted by atomic mass is 35.5. The maximum atomic E-state index is 12.2. The van der Waals surface area contributed by atoms with Crippen molar-refractivity contribution < 1.29 is 23.4 Å². The lowest BCUT2D eigenvalue weighted by Crippen LogP contribution is -2.15. The lowest BCUT2D eigenvalue weighted by atomic mass is 10.2. The van der Waals surface area contributed by atoms with Crippen molar-refractivity contribution in [3.63, 3.8) is 0 Å². The lowest BCUT2D eigenvalue weighted by Gasteiger charge is -2.11. The number of aromatic carboxylic acids is 1. The molecule has 0 aliphatic rings. The highest BCUT2D eigenvalue weighted by molar-refractivity contribution is 7.92. The topological polar surface area (TPSA) is 104 Å². The van der Waals surface area contributed by atoms with Gasteiger partial charge in [0, 0.05) is 0 Å². The molecular formula is C13H10ClNO5S. The van der Waals surface area contributed by atoms with Crippen LogP contribution in [0.5, 0.6) is 5.75 Å². The van der Waals surface area contributed by atoms with Gasteiger partial charge in [-0.1, -0.05) is 23.7 Å². The van der Waals surface area contributed by atoms with E-state index in [0.29, 0.717) is 0 Å². The summed E-state index contributed by atoms with van der Waals surface area (Å²) in [5.74, 6) is -1.66. The van der Waals surface area contributed by atoms with Gasteiger partial charge in [-0.2, -0.15) is 0 Å². The van der Waals surface area contributed by atoms with Crippen LogP contribution in [0.3, 0.4) is 0 Å². The molecule has 0 fully saturated rings. The molecule has 0 saturated carbocycles. The number of phenolic OH excluding ortho intramolecular Hbond substituents is 1. The maximum Gasteiger partial charge on any atom is 0.337 e. The fraction of sp³-hybridized carbons (Fsp3) is 0. The average molecular weight is 328 g/mol. The van der Waals surface area contributed by atoms with Gasteiger partial charge < -0.3 is 10.2 Å². The summed E-state index contributed by atoms with van der Waals surface area (Å²) in [6.07, 6.45) is 0. The van der Waals surface area contributed by atoms with Crippen LogP contribution >= 0.6 is 11.6 Å². The van der Waals surface area contributed by atoms with Gasteiger partial charge in [-0.3, -0.25) is 4.72 Å². The second kappa shape index (κ2) is 5.63. The molecule has 0 amide bonds. The Morgan fingerprint density at radius 3 is 2.43 bits per heavy atom. The van der Waals surface area contributed by atoms with Crippen molar-refractivity contribution in [2.24, 2.45) is 0 Å². The molecule has 2 aromatic carbocycles. The van der Waals surface area contributed by atoms with Crippen LogP contribution in [0.1, 0.15) is 10.4 Å². The van der Waals surface area contributed by atoms with Crippen LogP contribution in [0.25, 0.3) is 0 Å². The van der Waals surface area contributed by atoms with E-state index in [1.54, 1.807) is 6.07 Å². The van der Waals surface area contributed by atoms with Gasteiger partial charge in [0.1, 0.15) is 10.6 Å². The summed E-state index contributed by atoms with van der Waals surface area (Å²) in [7, 11) is -4.04. The maximum absolute atomic E-state index is 12.2. The summed E-state index contributed by atoms with van der Waals surface area (Å²) < 4.78 is 26.6. The summed E-state index contributed by atoms with van der Waals surface area (Å²) in [6, 6.07) is 9.06. The quantitative estimate of drug-likeness (QED) is 0.749. The number of halogens is 1. The second-order valence-corrected chi connectivity index (χ2v) is 6.13. The Balaban J connectivity index is 2.47. The number of hydrogen-bond donors (Lipinski definition) is 3. The number of aromatic hydroxyl groups is 1. The van der Waals surface area contributed by atoms with Gasteiger partial charge in [0.05, 0.1) is 16.3 Å². The number of anilines is 1. The van der Waals surface area contributed by atoms with Crippen molar-refractivity contribution in [1.82, 2.24) is 0 Å². The zero-order valence-corrected chi connectivity index (χ0v) is 12.0. The molecule has 110 valence electrons. The fourth-order valence-electron chi connectivity index (χ4n) is 1.66. The lowest BCUT2D eigenvalue weighted by molar-refractivity contribution is 0.0697. The average Bonchev–Trinajstić information content (AvgIpc) is 2.40. The zero-order chi connectivity index (χ0) is 15.6. The molecule has 0 aromatic heterocycles. The number of phenols is 1. The van der Waals surface area contributed by atoms with Crippen LogP contribution in [0.4, 0.5) is 5.69 Å². The second-order valence-electron chi connectivity index (χ2n) is 4.07. The number of sulfonamides is 1. The summed E-state index contributed by atoms with van der Waals surface area (Å²) >= 11 is 5.83. The number of benzene rings is 2. The molecule has 0 aliphatic carbocycles. The van der Waals surface area contributed by atoms with E-state index in [1.165, 1.54) is 24.3 Å². The van der Waals surface area contributed by atoms with E-state index in [9.17, 15) is 18.3 Å². The van der Waals surface area contributed by atoms with Crippen LogP contribution in [0.2, 0.25) is 5.02 Å². The van der Waals surface area contributed by atoms with Crippen LogP contribution in [0.15, 0.2) is 47.4 Å². The first-order valence-corrected chi connectivity index (χ1v) is 7.51. The molecule has 2 aromatic rings. The summed E-state index contributed by atoms with van der Waals surface area (Å²) in [6.45, 7) is 0. The van der Waals surface area contributed by atoms with Gasteiger partial charge in [-0.25, -0.2) is 13.2 Å². The third-order valence-corrected chi connectivity index (χ3v) is 4.47. The fourth-order valence-corrected chi connectivity index (χ4v) is 3.26. The molecule has 0 saturated heterocycles. The molecule has 0 unspecified atom stereocenters. The Morgan fingerprint density at radius 1 is 1.14 bits per heavy atom. The normalized spacial score (nSPS) is 11.1. The highest BCUT2D eigenvalue weighted by Gasteiger charge is 2.21. The Bertz CT molecular complexity index is 804. The van der Waals surface area contributed by atoms with E-state index < -0.39 is 16.0 Å². The van der Waals surface area contributed by atoms with Crippen molar-refractivity contribution in [2.75, 3.05) is 4.72 Å². The standard InChI is InChI=1S/C13H10ClNO5S/c14-10-3-1-2-4-12(10)21(19,20)15-11-6-5-8(16)7-9(11)13(17)18/h1-7,15-16H,(H,17,18). The van der Waals surface area contributed by atoms with Crippen LogP contribution in [-0.4, -0.2) is 24.6 Å². The minimum atomic E-state index is -4.04. The highest BCUT2D eigenvalue weighted by Crippen LogP contribution is 2.27. The van der Waals surface area contributed by atoms with Crippen LogP contribution in [-0.2, 0) is 10.0 Å². The Hall–Kier alpha value is -2.25. The predicted molar refractivity (Wildman–Crippen MR) is 77.3 cm³/mol. The van der Waals surface area contributed by atoms with Crippen molar-refractivity contribution >= 4 is 33.3 Å². The molecule has 6 nitrogen and oxygen atoms in total. The summed E-state index contributed by atoms with van der Waals surface area (Å²) in [4.78, 5) is 10.9. The van der Waals surface area contributed by atoms with Gasteiger partial charge in [0.15, 0.2) is 0 Å². The molecule has 0 aliphatic heterocycles. The van der Waals surface area contributed by atoms with Crippen LogP contribution in [0, 0.1) is 0 Å². The molecule has 0 atom stereocenters. The summed E-state index contributed by atoms with van der Waals surface area (Å²) in [5.41, 5.74) is -0.536. The predicted octanol–water partition coefficient (Wildman–Crippen LogP) is 2.54. The molecular weight excluding hydrogens is 318 g/mol. The van der Waals surface area contributed by atoms with Crippen molar-refractivity contribution in [2.45, 2.75) is 4.90 Å². The zero-order valence-electron chi connectivity index (χ0n) is 10.4. The minimum absolute atomic E-state index is 0.0145. The Kier molecular flexibility index (Phi) is 4.06. The van der Waals surface area contributed by atoms with Crippen molar-refractivity contribution in [3.05, 3.63) is 53.1 Å². The van der Waals surface area contributed by atoms with Crippen molar-refractivity contribution in [1.29, 1.82) is 0 Å². The number of rotatable bonds is 4. The van der Waals surface area contributed by atoms with Crippen LogP contribution < -0.4 is 4.72 Å². The third kappa shape index (κ3) is 3.26. The molecule has 0 spiro atoms. The number of carboxylic acids is 1. The molecule has 3 N–H and O–H groups in total. The Morgan fingerprint density at radius 2 is 1.81 bits per heavy atom. The number of nitrogens with one attached hydrogen (secondary N) is 1. The smallest absolute Gasteiger partial charge is 0.337 e. The number of carboxylic acid groups (broad SMARTS) is 1. The van der Waals surface area contributed by atoms with E-state index in [-0.39, 0.29) is 26.9 Å². The first kappa shape index (κ1) is 15.1. The van der Waals surface area contributed by atoms with E-state index >= 15 is 0 Å². The molecule has 21 heavy (non-hydrogen) atoms. The molecule has 8 heteroatoms. The first-order valence-electron chi connectivity index (χ1n) is 5.65. The molecule has 0 bridgehead atoms. The Labute approximate surface area is 125 Å². The van der Waals surface area contributed by atoms with Gasteiger partial charge in [-0.05, 0) is 30.3 Å². The van der Waals surface area contributed by atoms with Gasteiger partial charge in [0.25, 0.3) is 10.0 Å². The van der Waals surface area contributed by atoms with Gasteiger partial charge >= 0.3 is 5.97 Å². The molecule has 0 heterocycles. The summed E-state index contributed by atoms with van der Waals surface area (Å²) in [5, 5.41) is 18.3. The van der Waals surface area contributed by atoms with Gasteiger partial charge in [-0.15, -0.1) is 0 Å².